The summed E-state index contributed by atoms with van der Waals surface area (Å²) >= 11 is 0. The topological polar surface area (TPSA) is 27.7 Å². The van der Waals surface area contributed by atoms with Crippen LogP contribution in [0.1, 0.15) is 47.5 Å². The predicted octanol–water partition coefficient (Wildman–Crippen LogP) is 2.64. The van der Waals surface area contributed by atoms with E-state index in [1.54, 1.807) is 0 Å². The van der Waals surface area contributed by atoms with E-state index in [-0.39, 0.29) is 17.8 Å². The maximum absolute atomic E-state index is 6.11. The second-order valence-electron chi connectivity index (χ2n) is 6.94. The molecular weight excluding hydrogens is 215 g/mol. The minimum absolute atomic E-state index is 0.141. The largest absolute Gasteiger partial charge is 0.640 e. The zero-order chi connectivity index (χ0) is 12.4. The summed E-state index contributed by atoms with van der Waals surface area (Å²) in [5, 5.41) is 0. The van der Waals surface area contributed by atoms with Crippen molar-refractivity contribution in [3.05, 3.63) is 0 Å². The van der Waals surface area contributed by atoms with Crippen LogP contribution in [0.3, 0.4) is 0 Å². The van der Waals surface area contributed by atoms with Gasteiger partial charge in [0.2, 0.25) is 0 Å². The number of hydrogen-bond acceptors (Lipinski definition) is 3. The highest BCUT2D eigenvalue weighted by molar-refractivity contribution is 6.37. The number of hydrogen-bond donors (Lipinski definition) is 0. The zero-order valence-corrected chi connectivity index (χ0v) is 11.5. The van der Waals surface area contributed by atoms with Crippen LogP contribution in [0, 0.1) is 17.3 Å². The molecule has 3 saturated carbocycles. The van der Waals surface area contributed by atoms with Crippen LogP contribution in [-0.2, 0) is 14.0 Å². The minimum atomic E-state index is -0.458. The molecule has 1 aliphatic heterocycles. The molecule has 2 bridgehead atoms. The molecular formula is C13H23BO3. The average molecular weight is 238 g/mol. The van der Waals surface area contributed by atoms with E-state index in [0.29, 0.717) is 11.3 Å². The Hall–Kier alpha value is -0.0551. The van der Waals surface area contributed by atoms with Gasteiger partial charge in [-0.3, -0.25) is 0 Å². The fraction of sp³-hybridized carbons (Fsp3) is 1.00. The third-order valence-corrected chi connectivity index (χ3v) is 5.31. The van der Waals surface area contributed by atoms with Crippen LogP contribution in [0.15, 0.2) is 0 Å². The van der Waals surface area contributed by atoms with Crippen molar-refractivity contribution in [2.45, 2.75) is 65.3 Å². The van der Waals surface area contributed by atoms with Crippen molar-refractivity contribution < 1.29 is 14.0 Å². The second kappa shape index (κ2) is 3.49. The summed E-state index contributed by atoms with van der Waals surface area (Å²) in [5.41, 5.74) is 0.263. The third kappa shape index (κ3) is 1.53. The van der Waals surface area contributed by atoms with E-state index in [1.165, 1.54) is 6.42 Å². The third-order valence-electron chi connectivity index (χ3n) is 5.31. The van der Waals surface area contributed by atoms with Crippen molar-refractivity contribution in [1.82, 2.24) is 0 Å². The molecule has 0 N–H and O–H groups in total. The van der Waals surface area contributed by atoms with Crippen LogP contribution in [0.5, 0.6) is 0 Å². The lowest BCUT2D eigenvalue weighted by Crippen LogP contribution is -2.65. The smallest absolute Gasteiger partial charge is 0.384 e. The summed E-state index contributed by atoms with van der Waals surface area (Å²) in [5.74, 6) is 1.41. The predicted molar refractivity (Wildman–Crippen MR) is 66.3 cm³/mol. The van der Waals surface area contributed by atoms with Gasteiger partial charge in [-0.25, -0.2) is 0 Å². The first kappa shape index (κ1) is 12.0. The van der Waals surface area contributed by atoms with Crippen LogP contribution in [-0.4, -0.2) is 25.1 Å². The van der Waals surface area contributed by atoms with Gasteiger partial charge in [-0.15, -0.1) is 0 Å². The van der Waals surface area contributed by atoms with Crippen LogP contribution < -0.4 is 0 Å². The lowest BCUT2D eigenvalue weighted by Gasteiger charge is -2.64. The molecule has 3 nitrogen and oxygen atoms in total. The molecule has 0 aromatic rings. The Balaban J connectivity index is 1.78. The fourth-order valence-electron chi connectivity index (χ4n) is 4.11. The van der Waals surface area contributed by atoms with Crippen LogP contribution in [0.4, 0.5) is 0 Å². The van der Waals surface area contributed by atoms with Gasteiger partial charge in [-0.1, -0.05) is 13.8 Å². The quantitative estimate of drug-likeness (QED) is 0.692. The Labute approximate surface area is 104 Å². The molecule has 1 saturated heterocycles. The molecule has 0 amide bonds. The van der Waals surface area contributed by atoms with Crippen LogP contribution in [0.25, 0.3) is 0 Å². The first-order chi connectivity index (χ1) is 7.84. The normalized spacial score (nSPS) is 46.9. The van der Waals surface area contributed by atoms with Crippen molar-refractivity contribution in [3.8, 4) is 0 Å². The lowest BCUT2D eigenvalue weighted by atomic mass is 9.43. The van der Waals surface area contributed by atoms with Gasteiger partial charge in [0.05, 0.1) is 11.7 Å². The first-order valence-corrected chi connectivity index (χ1v) is 6.83. The molecule has 0 radical (unpaired) electrons. The number of rotatable bonds is 2. The summed E-state index contributed by atoms with van der Waals surface area (Å²) in [4.78, 5) is 0. The Morgan fingerprint density at radius 3 is 2.53 bits per heavy atom. The zero-order valence-electron chi connectivity index (χ0n) is 11.5. The first-order valence-electron chi connectivity index (χ1n) is 6.83. The van der Waals surface area contributed by atoms with Gasteiger partial charge < -0.3 is 14.0 Å². The van der Waals surface area contributed by atoms with E-state index in [0.717, 1.165) is 12.3 Å². The Morgan fingerprint density at radius 2 is 1.94 bits per heavy atom. The molecule has 3 aliphatic carbocycles. The van der Waals surface area contributed by atoms with E-state index in [4.69, 9.17) is 14.0 Å². The molecule has 4 aliphatic rings. The highest BCUT2D eigenvalue weighted by atomic mass is 16.8. The maximum Gasteiger partial charge on any atom is 0.640 e. The minimum Gasteiger partial charge on any atom is -0.384 e. The second-order valence-corrected chi connectivity index (χ2v) is 6.94. The highest BCUT2D eigenvalue weighted by Crippen LogP contribution is 2.65. The summed E-state index contributed by atoms with van der Waals surface area (Å²) < 4.78 is 17.7. The molecule has 0 aromatic carbocycles. The lowest BCUT2D eigenvalue weighted by molar-refractivity contribution is -0.200. The van der Waals surface area contributed by atoms with Gasteiger partial charge in [0.1, 0.15) is 0 Å². The standard InChI is InChI=1S/C13H23BO3/c1-8(2)15-14-16-11-7-9-6-10(12(9,3)4)13(11,5)17-14/h8-11H,6-7H2,1-5H3/t9-,10-,11-,13-/m0/s1. The van der Waals surface area contributed by atoms with Crippen molar-refractivity contribution in [2.24, 2.45) is 17.3 Å². The Bertz CT molecular complexity index is 331. The van der Waals surface area contributed by atoms with Crippen molar-refractivity contribution >= 4 is 7.32 Å². The average Bonchev–Trinajstić information content (AvgIpc) is 2.51. The van der Waals surface area contributed by atoms with E-state index in [2.05, 4.69) is 20.8 Å². The SMILES string of the molecule is CC(C)OB1O[C@H]2C[C@@H]3C[C@@H](C3(C)C)[C@]2(C)O1. The molecule has 0 spiro atoms. The summed E-state index contributed by atoms with van der Waals surface area (Å²) in [6.07, 6.45) is 2.78. The van der Waals surface area contributed by atoms with Gasteiger partial charge in [-0.05, 0) is 50.9 Å². The van der Waals surface area contributed by atoms with Crippen molar-refractivity contribution in [3.63, 3.8) is 0 Å². The summed E-state index contributed by atoms with van der Waals surface area (Å²) in [6, 6.07) is 0. The van der Waals surface area contributed by atoms with Crippen LogP contribution >= 0.6 is 0 Å². The van der Waals surface area contributed by atoms with Gasteiger partial charge in [0.15, 0.2) is 0 Å². The molecule has 0 aromatic heterocycles. The summed E-state index contributed by atoms with van der Waals surface area (Å²) in [7, 11) is -0.458. The molecule has 4 heteroatoms. The van der Waals surface area contributed by atoms with E-state index < -0.39 is 7.32 Å². The Morgan fingerprint density at radius 1 is 1.24 bits per heavy atom. The van der Waals surface area contributed by atoms with Gasteiger partial charge in [0, 0.05) is 6.10 Å². The van der Waals surface area contributed by atoms with Gasteiger partial charge in [0.25, 0.3) is 0 Å². The van der Waals surface area contributed by atoms with E-state index in [9.17, 15) is 0 Å². The fourth-order valence-corrected chi connectivity index (χ4v) is 4.11. The summed E-state index contributed by atoms with van der Waals surface area (Å²) in [6.45, 7) is 11.0. The van der Waals surface area contributed by atoms with E-state index >= 15 is 0 Å². The molecule has 4 atom stereocenters. The molecule has 17 heavy (non-hydrogen) atoms. The van der Waals surface area contributed by atoms with Crippen LogP contribution in [0.2, 0.25) is 0 Å². The molecule has 0 unspecified atom stereocenters. The molecule has 96 valence electrons. The van der Waals surface area contributed by atoms with E-state index in [1.807, 2.05) is 13.8 Å². The highest BCUT2D eigenvalue weighted by Gasteiger charge is 2.68. The van der Waals surface area contributed by atoms with Gasteiger partial charge >= 0.3 is 7.32 Å². The van der Waals surface area contributed by atoms with Crippen molar-refractivity contribution in [1.29, 1.82) is 0 Å². The monoisotopic (exact) mass is 238 g/mol. The molecule has 4 fully saturated rings. The Kier molecular flexibility index (Phi) is 2.46. The molecule has 1 heterocycles. The molecule has 4 rings (SSSR count). The van der Waals surface area contributed by atoms with Gasteiger partial charge in [-0.2, -0.15) is 0 Å². The van der Waals surface area contributed by atoms with Crippen molar-refractivity contribution in [2.75, 3.05) is 0 Å². The maximum atomic E-state index is 6.11.